The SMILES string of the molecule is CCOc1ccc(-n2c(O)c(C=Nc3ccccc3)c3ccc(OC)cc3c2=O)c([N+](=O)[O-])c1. The van der Waals surface area contributed by atoms with Crippen LogP contribution in [0.15, 0.2) is 76.5 Å². The summed E-state index contributed by atoms with van der Waals surface area (Å²) in [5.74, 6) is 0.224. The smallest absolute Gasteiger partial charge is 0.297 e. The van der Waals surface area contributed by atoms with E-state index in [-0.39, 0.29) is 22.4 Å². The number of pyridine rings is 1. The van der Waals surface area contributed by atoms with Crippen LogP contribution in [0.5, 0.6) is 17.4 Å². The van der Waals surface area contributed by atoms with E-state index >= 15 is 0 Å². The summed E-state index contributed by atoms with van der Waals surface area (Å²) in [5.41, 5.74) is -0.278. The van der Waals surface area contributed by atoms with Gasteiger partial charge in [0.1, 0.15) is 17.2 Å². The largest absolute Gasteiger partial charge is 0.497 e. The zero-order chi connectivity index (χ0) is 24.2. The Morgan fingerprint density at radius 2 is 1.79 bits per heavy atom. The van der Waals surface area contributed by atoms with E-state index in [1.54, 1.807) is 31.2 Å². The number of nitro groups is 1. The number of aliphatic imine (C=N–C) groups is 1. The Kier molecular flexibility index (Phi) is 6.26. The highest BCUT2D eigenvalue weighted by atomic mass is 16.6. The van der Waals surface area contributed by atoms with Gasteiger partial charge in [-0.05, 0) is 49.4 Å². The average Bonchev–Trinajstić information content (AvgIpc) is 2.85. The van der Waals surface area contributed by atoms with E-state index < -0.39 is 22.0 Å². The van der Waals surface area contributed by atoms with Crippen LogP contribution in [0.3, 0.4) is 0 Å². The molecule has 9 heteroatoms. The van der Waals surface area contributed by atoms with Crippen LogP contribution in [0.1, 0.15) is 12.5 Å². The number of nitro benzene ring substituents is 1. The Morgan fingerprint density at radius 3 is 2.47 bits per heavy atom. The standard InChI is InChI=1S/C25H21N3O6/c1-3-34-18-10-12-22(23(14-18)28(31)32)27-24(29)20-13-17(33-2)9-11-19(20)21(25(27)30)15-26-16-7-5-4-6-8-16/h4-15,30H,3H2,1-2H3. The molecule has 0 amide bonds. The van der Waals surface area contributed by atoms with Crippen molar-refractivity contribution in [3.05, 3.63) is 92.8 Å². The summed E-state index contributed by atoms with van der Waals surface area (Å²) in [6, 6.07) is 18.0. The Bertz CT molecular complexity index is 1460. The van der Waals surface area contributed by atoms with Crippen molar-refractivity contribution in [2.75, 3.05) is 13.7 Å². The highest BCUT2D eigenvalue weighted by Gasteiger charge is 2.24. The summed E-state index contributed by atoms with van der Waals surface area (Å²) in [7, 11) is 1.47. The van der Waals surface area contributed by atoms with Crippen molar-refractivity contribution in [3.8, 4) is 23.1 Å². The van der Waals surface area contributed by atoms with Crippen LogP contribution in [-0.2, 0) is 0 Å². The molecule has 0 aliphatic heterocycles. The minimum absolute atomic E-state index is 0.102. The second-order valence-corrected chi connectivity index (χ2v) is 7.22. The van der Waals surface area contributed by atoms with Crippen LogP contribution >= 0.6 is 0 Å². The van der Waals surface area contributed by atoms with Gasteiger partial charge in [0.15, 0.2) is 0 Å². The molecular formula is C25H21N3O6. The maximum Gasteiger partial charge on any atom is 0.297 e. The molecule has 4 aromatic rings. The van der Waals surface area contributed by atoms with E-state index in [0.29, 0.717) is 23.4 Å². The van der Waals surface area contributed by atoms with Gasteiger partial charge >= 0.3 is 0 Å². The van der Waals surface area contributed by atoms with Crippen LogP contribution in [0.4, 0.5) is 11.4 Å². The van der Waals surface area contributed by atoms with Gasteiger partial charge in [0.25, 0.3) is 11.2 Å². The molecule has 1 heterocycles. The molecular weight excluding hydrogens is 438 g/mol. The molecule has 4 rings (SSSR count). The molecule has 9 nitrogen and oxygen atoms in total. The lowest BCUT2D eigenvalue weighted by atomic mass is 10.1. The van der Waals surface area contributed by atoms with E-state index in [1.807, 2.05) is 18.2 Å². The number of aromatic hydroxyl groups is 1. The summed E-state index contributed by atoms with van der Waals surface area (Å²) >= 11 is 0. The van der Waals surface area contributed by atoms with Gasteiger partial charge in [0, 0.05) is 11.6 Å². The number of rotatable bonds is 7. The minimum atomic E-state index is -0.643. The van der Waals surface area contributed by atoms with Crippen molar-refractivity contribution >= 4 is 28.4 Å². The third-order valence-corrected chi connectivity index (χ3v) is 5.20. The Hall–Kier alpha value is -4.66. The molecule has 0 fully saturated rings. The lowest BCUT2D eigenvalue weighted by Gasteiger charge is -2.15. The Balaban J connectivity index is 2.04. The summed E-state index contributed by atoms with van der Waals surface area (Å²) in [5, 5.41) is 23.7. The lowest BCUT2D eigenvalue weighted by Crippen LogP contribution is -2.21. The van der Waals surface area contributed by atoms with Gasteiger partial charge in [-0.3, -0.25) is 19.9 Å². The number of para-hydroxylation sites is 1. The predicted octanol–water partition coefficient (Wildman–Crippen LogP) is 4.76. The second kappa shape index (κ2) is 9.45. The molecule has 0 aliphatic rings. The van der Waals surface area contributed by atoms with Crippen molar-refractivity contribution in [1.29, 1.82) is 0 Å². The van der Waals surface area contributed by atoms with Crippen LogP contribution < -0.4 is 15.0 Å². The molecule has 34 heavy (non-hydrogen) atoms. The van der Waals surface area contributed by atoms with E-state index in [9.17, 15) is 20.0 Å². The number of nitrogens with zero attached hydrogens (tertiary/aromatic N) is 3. The molecule has 0 saturated carbocycles. The van der Waals surface area contributed by atoms with Crippen molar-refractivity contribution in [2.24, 2.45) is 4.99 Å². The molecule has 1 N–H and O–H groups in total. The molecule has 0 saturated heterocycles. The molecule has 172 valence electrons. The molecule has 0 spiro atoms. The van der Waals surface area contributed by atoms with E-state index in [1.165, 1.54) is 37.6 Å². The van der Waals surface area contributed by atoms with E-state index in [4.69, 9.17) is 9.47 Å². The van der Waals surface area contributed by atoms with Crippen molar-refractivity contribution in [3.63, 3.8) is 0 Å². The monoisotopic (exact) mass is 459 g/mol. The van der Waals surface area contributed by atoms with E-state index in [2.05, 4.69) is 4.99 Å². The average molecular weight is 459 g/mol. The van der Waals surface area contributed by atoms with Crippen LogP contribution in [-0.4, -0.2) is 34.5 Å². The first kappa shape index (κ1) is 22.5. The quantitative estimate of drug-likeness (QED) is 0.242. The third-order valence-electron chi connectivity index (χ3n) is 5.20. The lowest BCUT2D eigenvalue weighted by molar-refractivity contribution is -0.384. The molecule has 0 atom stereocenters. The number of hydrogen-bond donors (Lipinski definition) is 1. The van der Waals surface area contributed by atoms with Gasteiger partial charge in [-0.2, -0.15) is 0 Å². The zero-order valence-corrected chi connectivity index (χ0v) is 18.5. The van der Waals surface area contributed by atoms with Crippen LogP contribution in [0.2, 0.25) is 0 Å². The number of ether oxygens (including phenoxy) is 2. The topological polar surface area (TPSA) is 116 Å². The van der Waals surface area contributed by atoms with Crippen molar-refractivity contribution in [1.82, 2.24) is 4.57 Å². The highest BCUT2D eigenvalue weighted by molar-refractivity contribution is 6.03. The molecule has 0 unspecified atom stereocenters. The maximum atomic E-state index is 13.5. The van der Waals surface area contributed by atoms with Gasteiger partial charge in [0.2, 0.25) is 5.88 Å². The van der Waals surface area contributed by atoms with E-state index in [0.717, 1.165) is 4.57 Å². The molecule has 0 aliphatic carbocycles. The van der Waals surface area contributed by atoms with Gasteiger partial charge in [-0.15, -0.1) is 0 Å². The van der Waals surface area contributed by atoms with Gasteiger partial charge in [-0.25, -0.2) is 4.57 Å². The zero-order valence-electron chi connectivity index (χ0n) is 18.5. The predicted molar refractivity (Wildman–Crippen MR) is 129 cm³/mol. The molecule has 3 aromatic carbocycles. The number of aromatic nitrogens is 1. The van der Waals surface area contributed by atoms with Crippen molar-refractivity contribution < 1.29 is 19.5 Å². The summed E-state index contributed by atoms with van der Waals surface area (Å²) in [6.07, 6.45) is 1.43. The van der Waals surface area contributed by atoms with Crippen LogP contribution in [0, 0.1) is 10.1 Å². The third kappa shape index (κ3) is 4.18. The van der Waals surface area contributed by atoms with Gasteiger partial charge < -0.3 is 14.6 Å². The number of benzene rings is 3. The molecule has 0 bridgehead atoms. The first-order valence-corrected chi connectivity index (χ1v) is 10.4. The first-order valence-electron chi connectivity index (χ1n) is 10.4. The Labute approximate surface area is 194 Å². The normalized spacial score (nSPS) is 11.1. The fourth-order valence-corrected chi connectivity index (χ4v) is 3.62. The molecule has 0 radical (unpaired) electrons. The summed E-state index contributed by atoms with van der Waals surface area (Å²) in [4.78, 5) is 29.1. The van der Waals surface area contributed by atoms with Gasteiger partial charge in [0.05, 0.1) is 41.3 Å². The fraction of sp³-hybridized carbons (Fsp3) is 0.120. The fourth-order valence-electron chi connectivity index (χ4n) is 3.62. The second-order valence-electron chi connectivity index (χ2n) is 7.22. The van der Waals surface area contributed by atoms with Crippen molar-refractivity contribution in [2.45, 2.75) is 6.92 Å². The van der Waals surface area contributed by atoms with Gasteiger partial charge in [-0.1, -0.05) is 18.2 Å². The maximum absolute atomic E-state index is 13.5. The summed E-state index contributed by atoms with van der Waals surface area (Å²) in [6.45, 7) is 2.07. The highest BCUT2D eigenvalue weighted by Crippen LogP contribution is 2.33. The number of methoxy groups -OCH3 is 1. The molecule has 1 aromatic heterocycles. The summed E-state index contributed by atoms with van der Waals surface area (Å²) < 4.78 is 11.5. The minimum Gasteiger partial charge on any atom is -0.497 e. The Morgan fingerprint density at radius 1 is 1.06 bits per heavy atom. The number of fused-ring (bicyclic) bond motifs is 1. The first-order chi connectivity index (χ1) is 16.4. The number of hydrogen-bond acceptors (Lipinski definition) is 7. The van der Waals surface area contributed by atoms with Crippen LogP contribution in [0.25, 0.3) is 16.5 Å².